The van der Waals surface area contributed by atoms with Crippen molar-refractivity contribution >= 4 is 21.6 Å². The topological polar surface area (TPSA) is 77.5 Å². The highest BCUT2D eigenvalue weighted by Crippen LogP contribution is 2.13. The summed E-state index contributed by atoms with van der Waals surface area (Å²) in [6.07, 6.45) is -1.27. The van der Waals surface area contributed by atoms with Crippen molar-refractivity contribution in [1.29, 1.82) is 0 Å². The fourth-order valence-electron chi connectivity index (χ4n) is 2.23. The van der Waals surface area contributed by atoms with Gasteiger partial charge in [-0.25, -0.2) is 8.42 Å². The molecule has 5 nitrogen and oxygen atoms in total. The molecule has 0 aromatic heterocycles. The Morgan fingerprint density at radius 3 is 2.20 bits per heavy atom. The molecule has 0 N–H and O–H groups in total. The van der Waals surface area contributed by atoms with Crippen LogP contribution in [0, 0.1) is 6.92 Å². The van der Waals surface area contributed by atoms with E-state index in [1.165, 1.54) is 19.1 Å². The van der Waals surface area contributed by atoms with E-state index in [0.717, 1.165) is 5.56 Å². The van der Waals surface area contributed by atoms with E-state index in [1.54, 1.807) is 42.5 Å². The highest BCUT2D eigenvalue weighted by Gasteiger charge is 2.21. The highest BCUT2D eigenvalue weighted by molar-refractivity contribution is 7.91. The summed E-state index contributed by atoms with van der Waals surface area (Å²) < 4.78 is 29.3. The number of sulfone groups is 1. The highest BCUT2D eigenvalue weighted by atomic mass is 32.2. The largest absolute Gasteiger partial charge is 0.454 e. The standard InChI is InChI=1S/C19H20O5S/c1-14-8-10-16(11-9-14)19(21)15(2)24-18(20)12-13-25(22,23)17-6-4-3-5-7-17/h3-11,15H,12-13H2,1-2H3. The lowest BCUT2D eigenvalue weighted by Crippen LogP contribution is -2.25. The average molecular weight is 360 g/mol. The summed E-state index contributed by atoms with van der Waals surface area (Å²) in [6.45, 7) is 3.39. The Kier molecular flexibility index (Phi) is 6.09. The minimum absolute atomic E-state index is 0.159. The molecule has 0 spiro atoms. The van der Waals surface area contributed by atoms with E-state index in [-0.39, 0.29) is 22.9 Å². The van der Waals surface area contributed by atoms with Crippen molar-refractivity contribution in [1.82, 2.24) is 0 Å². The predicted octanol–water partition coefficient (Wildman–Crippen LogP) is 2.97. The number of rotatable bonds is 7. The van der Waals surface area contributed by atoms with Crippen LogP contribution in [0.3, 0.4) is 0 Å². The molecule has 6 heteroatoms. The number of hydrogen-bond acceptors (Lipinski definition) is 5. The summed E-state index contributed by atoms with van der Waals surface area (Å²) in [5.74, 6) is -1.40. The molecule has 0 heterocycles. The van der Waals surface area contributed by atoms with Crippen LogP contribution in [0.25, 0.3) is 0 Å². The normalized spacial score (nSPS) is 12.4. The van der Waals surface area contributed by atoms with Gasteiger partial charge in [0.15, 0.2) is 15.9 Å². The Balaban J connectivity index is 1.91. The average Bonchev–Trinajstić information content (AvgIpc) is 2.61. The van der Waals surface area contributed by atoms with Crippen molar-refractivity contribution < 1.29 is 22.7 Å². The molecule has 0 amide bonds. The van der Waals surface area contributed by atoms with E-state index in [1.807, 2.05) is 6.92 Å². The number of benzene rings is 2. The van der Waals surface area contributed by atoms with E-state index in [2.05, 4.69) is 0 Å². The Morgan fingerprint density at radius 2 is 1.60 bits per heavy atom. The van der Waals surface area contributed by atoms with E-state index in [9.17, 15) is 18.0 Å². The quantitative estimate of drug-likeness (QED) is 0.560. The zero-order chi connectivity index (χ0) is 18.4. The maximum atomic E-state index is 12.2. The van der Waals surface area contributed by atoms with Gasteiger partial charge >= 0.3 is 5.97 Å². The van der Waals surface area contributed by atoms with Crippen LogP contribution >= 0.6 is 0 Å². The first kappa shape index (κ1) is 18.9. The smallest absolute Gasteiger partial charge is 0.307 e. The third-order valence-corrected chi connectivity index (χ3v) is 5.42. The molecule has 0 saturated carbocycles. The van der Waals surface area contributed by atoms with Gasteiger partial charge in [0.25, 0.3) is 0 Å². The van der Waals surface area contributed by atoms with Crippen molar-refractivity contribution in [3.05, 3.63) is 65.7 Å². The molecule has 0 bridgehead atoms. The zero-order valence-electron chi connectivity index (χ0n) is 14.1. The molecule has 2 rings (SSSR count). The van der Waals surface area contributed by atoms with Crippen molar-refractivity contribution in [2.45, 2.75) is 31.3 Å². The van der Waals surface area contributed by atoms with Crippen molar-refractivity contribution in [2.24, 2.45) is 0 Å². The van der Waals surface area contributed by atoms with Gasteiger partial charge in [0.2, 0.25) is 5.78 Å². The van der Waals surface area contributed by atoms with Gasteiger partial charge in [0.1, 0.15) is 0 Å². The number of hydrogen-bond donors (Lipinski definition) is 0. The third kappa shape index (κ3) is 5.26. The van der Waals surface area contributed by atoms with Crippen molar-refractivity contribution in [3.8, 4) is 0 Å². The maximum Gasteiger partial charge on any atom is 0.307 e. The molecular weight excluding hydrogens is 340 g/mol. The van der Waals surface area contributed by atoms with Crippen LogP contribution in [-0.4, -0.2) is 32.0 Å². The molecule has 2 aromatic carbocycles. The fourth-order valence-corrected chi connectivity index (χ4v) is 3.47. The van der Waals surface area contributed by atoms with Gasteiger partial charge in [-0.15, -0.1) is 0 Å². The lowest BCUT2D eigenvalue weighted by molar-refractivity contribution is -0.145. The number of carbonyl (C=O) groups is 2. The number of esters is 1. The summed E-state index contributed by atoms with van der Waals surface area (Å²) in [7, 11) is -3.55. The number of carbonyl (C=O) groups excluding carboxylic acids is 2. The molecule has 0 radical (unpaired) electrons. The van der Waals surface area contributed by atoms with Crippen molar-refractivity contribution in [3.63, 3.8) is 0 Å². The van der Waals surface area contributed by atoms with Gasteiger partial charge in [-0.2, -0.15) is 0 Å². The number of Topliss-reactive ketones (excluding diaryl/α,β-unsaturated/α-hetero) is 1. The minimum Gasteiger partial charge on any atom is -0.454 e. The van der Waals surface area contributed by atoms with Crippen LogP contribution in [0.4, 0.5) is 0 Å². The first-order chi connectivity index (χ1) is 11.8. The second-order valence-corrected chi connectivity index (χ2v) is 7.85. The van der Waals surface area contributed by atoms with E-state index >= 15 is 0 Å². The summed E-state index contributed by atoms with van der Waals surface area (Å²) >= 11 is 0. The van der Waals surface area contributed by atoms with Gasteiger partial charge in [-0.3, -0.25) is 9.59 Å². The lowest BCUT2D eigenvalue weighted by atomic mass is 10.1. The van der Waals surface area contributed by atoms with Gasteiger partial charge in [0.05, 0.1) is 17.1 Å². The lowest BCUT2D eigenvalue weighted by Gasteiger charge is -2.12. The third-order valence-electron chi connectivity index (χ3n) is 3.69. The summed E-state index contributed by atoms with van der Waals surface area (Å²) in [5.41, 5.74) is 1.47. The molecule has 0 aliphatic carbocycles. The predicted molar refractivity (Wildman–Crippen MR) is 94.2 cm³/mol. The fraction of sp³-hybridized carbons (Fsp3) is 0.263. The van der Waals surface area contributed by atoms with Crippen LogP contribution in [0.1, 0.15) is 29.3 Å². The molecule has 0 aliphatic rings. The van der Waals surface area contributed by atoms with Crippen LogP contribution in [0.2, 0.25) is 0 Å². The Morgan fingerprint density at radius 1 is 1.00 bits per heavy atom. The van der Waals surface area contributed by atoms with Gasteiger partial charge < -0.3 is 4.74 Å². The molecule has 1 atom stereocenters. The molecule has 1 unspecified atom stereocenters. The Labute approximate surface area is 147 Å². The molecule has 0 fully saturated rings. The summed E-state index contributed by atoms with van der Waals surface area (Å²) in [5, 5.41) is 0. The van der Waals surface area contributed by atoms with Crippen LogP contribution in [0.15, 0.2) is 59.5 Å². The van der Waals surface area contributed by atoms with Crippen LogP contribution < -0.4 is 0 Å². The van der Waals surface area contributed by atoms with E-state index in [4.69, 9.17) is 4.74 Å². The molecule has 0 saturated heterocycles. The summed E-state index contributed by atoms with van der Waals surface area (Å²) in [4.78, 5) is 24.3. The SMILES string of the molecule is Cc1ccc(C(=O)C(C)OC(=O)CCS(=O)(=O)c2ccccc2)cc1. The molecular formula is C19H20O5S. The number of ether oxygens (including phenoxy) is 1. The monoisotopic (exact) mass is 360 g/mol. The second-order valence-electron chi connectivity index (χ2n) is 5.74. The molecule has 0 aliphatic heterocycles. The Hall–Kier alpha value is -2.47. The van der Waals surface area contributed by atoms with Crippen molar-refractivity contribution in [2.75, 3.05) is 5.75 Å². The van der Waals surface area contributed by atoms with Crippen LogP contribution in [-0.2, 0) is 19.4 Å². The van der Waals surface area contributed by atoms with Gasteiger partial charge in [0, 0.05) is 5.56 Å². The molecule has 2 aromatic rings. The first-order valence-corrected chi connectivity index (χ1v) is 9.53. The minimum atomic E-state index is -3.55. The Bertz CT molecular complexity index is 839. The second kappa shape index (κ2) is 8.07. The van der Waals surface area contributed by atoms with Crippen LogP contribution in [0.5, 0.6) is 0 Å². The van der Waals surface area contributed by atoms with E-state index < -0.39 is 21.9 Å². The van der Waals surface area contributed by atoms with Gasteiger partial charge in [-0.05, 0) is 26.0 Å². The number of aryl methyl sites for hydroxylation is 1. The first-order valence-electron chi connectivity index (χ1n) is 7.88. The van der Waals surface area contributed by atoms with Gasteiger partial charge in [-0.1, -0.05) is 48.0 Å². The number of ketones is 1. The molecule has 132 valence electrons. The van der Waals surface area contributed by atoms with E-state index in [0.29, 0.717) is 5.56 Å². The maximum absolute atomic E-state index is 12.2. The summed E-state index contributed by atoms with van der Waals surface area (Å²) in [6, 6.07) is 14.8. The zero-order valence-corrected chi connectivity index (χ0v) is 15.0. The molecule has 25 heavy (non-hydrogen) atoms.